The van der Waals surface area contributed by atoms with E-state index in [0.29, 0.717) is 40.6 Å². The second-order valence-corrected chi connectivity index (χ2v) is 9.03. The van der Waals surface area contributed by atoms with Crippen molar-refractivity contribution in [3.05, 3.63) is 47.0 Å². The Labute approximate surface area is 175 Å². The average Bonchev–Trinajstić information content (AvgIpc) is 3.19. The van der Waals surface area contributed by atoms with Crippen molar-refractivity contribution >= 4 is 33.2 Å². The van der Waals surface area contributed by atoms with Crippen LogP contribution in [0.3, 0.4) is 0 Å². The number of rotatable bonds is 6. The normalized spacial score (nSPS) is 17.2. The fourth-order valence-electron chi connectivity index (χ4n) is 3.40. The van der Waals surface area contributed by atoms with Gasteiger partial charge in [-0.05, 0) is 49.6 Å². The molecule has 3 rings (SSSR count). The minimum Gasteiger partial charge on any atom is -0.497 e. The number of amides is 1. The summed E-state index contributed by atoms with van der Waals surface area (Å²) in [7, 11) is -0.916. The lowest BCUT2D eigenvalue weighted by molar-refractivity contribution is -0.119. The van der Waals surface area contributed by atoms with Crippen LogP contribution in [0, 0.1) is 6.92 Å². The summed E-state index contributed by atoms with van der Waals surface area (Å²) in [5, 5.41) is 3.19. The Balaban J connectivity index is 1.90. The molecule has 1 aliphatic rings. The number of hydrogen-bond acceptors (Lipinski definition) is 5. The molecule has 2 aromatic rings. The van der Waals surface area contributed by atoms with E-state index in [2.05, 4.69) is 5.32 Å². The maximum atomic E-state index is 13.3. The summed E-state index contributed by atoms with van der Waals surface area (Å²) >= 11 is 6.02. The van der Waals surface area contributed by atoms with Gasteiger partial charge in [0, 0.05) is 17.6 Å². The largest absolute Gasteiger partial charge is 0.497 e. The van der Waals surface area contributed by atoms with Gasteiger partial charge in [0.1, 0.15) is 17.5 Å². The van der Waals surface area contributed by atoms with Crippen LogP contribution in [-0.2, 0) is 14.8 Å². The molecule has 0 radical (unpaired) electrons. The number of aryl methyl sites for hydroxylation is 1. The van der Waals surface area contributed by atoms with Gasteiger partial charge in [-0.15, -0.1) is 0 Å². The predicted molar refractivity (Wildman–Crippen MR) is 111 cm³/mol. The van der Waals surface area contributed by atoms with Gasteiger partial charge in [0.15, 0.2) is 0 Å². The number of nitrogens with zero attached hydrogens (tertiary/aromatic N) is 1. The van der Waals surface area contributed by atoms with Crippen molar-refractivity contribution in [3.63, 3.8) is 0 Å². The molecule has 0 aliphatic carbocycles. The first-order valence-corrected chi connectivity index (χ1v) is 10.9. The summed E-state index contributed by atoms with van der Waals surface area (Å²) in [4.78, 5) is 13.1. The molecule has 156 valence electrons. The van der Waals surface area contributed by atoms with Crippen molar-refractivity contribution in [3.8, 4) is 11.5 Å². The third kappa shape index (κ3) is 4.34. The van der Waals surface area contributed by atoms with Gasteiger partial charge in [0.2, 0.25) is 15.9 Å². The summed E-state index contributed by atoms with van der Waals surface area (Å²) in [6.07, 6.45) is 1.02. The highest BCUT2D eigenvalue weighted by Crippen LogP contribution is 2.32. The van der Waals surface area contributed by atoms with Gasteiger partial charge in [0.05, 0.1) is 24.8 Å². The Bertz CT molecular complexity index is 1030. The zero-order valence-electron chi connectivity index (χ0n) is 16.4. The Kier molecular flexibility index (Phi) is 6.36. The van der Waals surface area contributed by atoms with Crippen LogP contribution in [0.5, 0.6) is 11.5 Å². The Morgan fingerprint density at radius 1 is 1.17 bits per heavy atom. The van der Waals surface area contributed by atoms with Crippen LogP contribution < -0.4 is 14.8 Å². The lowest BCUT2D eigenvalue weighted by atomic mass is 10.2. The molecule has 0 saturated carbocycles. The SMILES string of the molecule is COc1ccc(C)c(S(=O)(=O)N2CCCC2C(=O)Nc2cc(Cl)ccc2OC)c1. The molecule has 0 bridgehead atoms. The molecule has 1 N–H and O–H groups in total. The van der Waals surface area contributed by atoms with Gasteiger partial charge in [-0.3, -0.25) is 4.79 Å². The molecule has 1 fully saturated rings. The molecule has 1 amide bonds. The van der Waals surface area contributed by atoms with Gasteiger partial charge < -0.3 is 14.8 Å². The monoisotopic (exact) mass is 438 g/mol. The van der Waals surface area contributed by atoms with Crippen LogP contribution >= 0.6 is 11.6 Å². The molecule has 1 saturated heterocycles. The van der Waals surface area contributed by atoms with Crippen LogP contribution in [0.1, 0.15) is 18.4 Å². The maximum Gasteiger partial charge on any atom is 0.244 e. The summed E-state index contributed by atoms with van der Waals surface area (Å²) in [6.45, 7) is 1.98. The molecule has 1 unspecified atom stereocenters. The van der Waals surface area contributed by atoms with Gasteiger partial charge in [-0.1, -0.05) is 17.7 Å². The summed E-state index contributed by atoms with van der Waals surface area (Å²) in [5.74, 6) is 0.462. The Hall–Kier alpha value is -2.29. The van der Waals surface area contributed by atoms with E-state index in [1.165, 1.54) is 24.6 Å². The van der Waals surface area contributed by atoms with Gasteiger partial charge in [0.25, 0.3) is 0 Å². The fraction of sp³-hybridized carbons (Fsp3) is 0.350. The number of ether oxygens (including phenoxy) is 2. The van der Waals surface area contributed by atoms with Gasteiger partial charge in [-0.2, -0.15) is 4.31 Å². The molecule has 0 aromatic heterocycles. The minimum atomic E-state index is -3.88. The second kappa shape index (κ2) is 8.61. The topological polar surface area (TPSA) is 84.9 Å². The van der Waals surface area contributed by atoms with E-state index in [9.17, 15) is 13.2 Å². The van der Waals surface area contributed by atoms with Crippen molar-refractivity contribution in [2.45, 2.75) is 30.7 Å². The Morgan fingerprint density at radius 3 is 2.62 bits per heavy atom. The smallest absolute Gasteiger partial charge is 0.244 e. The Morgan fingerprint density at radius 2 is 1.93 bits per heavy atom. The molecule has 2 aromatic carbocycles. The number of methoxy groups -OCH3 is 2. The average molecular weight is 439 g/mol. The summed E-state index contributed by atoms with van der Waals surface area (Å²) in [6, 6.07) is 8.90. The number of carbonyl (C=O) groups excluding carboxylic acids is 1. The number of anilines is 1. The lowest BCUT2D eigenvalue weighted by Gasteiger charge is -2.24. The summed E-state index contributed by atoms with van der Waals surface area (Å²) < 4.78 is 38.3. The number of carbonyl (C=O) groups is 1. The number of nitrogens with one attached hydrogen (secondary N) is 1. The van der Waals surface area contributed by atoms with Crippen LogP contribution in [0.4, 0.5) is 5.69 Å². The standard InChI is InChI=1S/C20H23ClN2O5S/c1-13-6-8-15(27-2)12-19(13)29(25,26)23-10-4-5-17(23)20(24)22-16-11-14(21)7-9-18(16)28-3/h6-9,11-12,17H,4-5,10H2,1-3H3,(H,22,24). The van der Waals surface area contributed by atoms with Crippen LogP contribution in [0.15, 0.2) is 41.3 Å². The van der Waals surface area contributed by atoms with E-state index < -0.39 is 22.0 Å². The molecule has 9 heteroatoms. The first-order chi connectivity index (χ1) is 13.8. The van der Waals surface area contributed by atoms with E-state index in [1.54, 1.807) is 37.3 Å². The van der Waals surface area contributed by atoms with Crippen LogP contribution in [0.25, 0.3) is 0 Å². The molecule has 1 aliphatic heterocycles. The van der Waals surface area contributed by atoms with Crippen molar-refractivity contribution < 1.29 is 22.7 Å². The maximum absolute atomic E-state index is 13.3. The van der Waals surface area contributed by atoms with Crippen molar-refractivity contribution in [1.29, 1.82) is 0 Å². The van der Waals surface area contributed by atoms with Crippen LogP contribution in [-0.4, -0.2) is 45.4 Å². The number of benzene rings is 2. The van der Waals surface area contributed by atoms with E-state index in [4.69, 9.17) is 21.1 Å². The number of sulfonamides is 1. The zero-order valence-corrected chi connectivity index (χ0v) is 18.0. The molecule has 7 nitrogen and oxygen atoms in total. The van der Waals surface area contributed by atoms with E-state index >= 15 is 0 Å². The molecular formula is C20H23ClN2O5S. The summed E-state index contributed by atoms with van der Waals surface area (Å²) in [5.41, 5.74) is 0.986. The van der Waals surface area contributed by atoms with Crippen LogP contribution in [0.2, 0.25) is 5.02 Å². The van der Waals surface area contributed by atoms with Crippen molar-refractivity contribution in [1.82, 2.24) is 4.31 Å². The second-order valence-electron chi connectivity index (χ2n) is 6.74. The third-order valence-electron chi connectivity index (χ3n) is 4.91. The van der Waals surface area contributed by atoms with Crippen molar-refractivity contribution in [2.75, 3.05) is 26.1 Å². The fourth-order valence-corrected chi connectivity index (χ4v) is 5.47. The van der Waals surface area contributed by atoms with Gasteiger partial charge in [-0.25, -0.2) is 8.42 Å². The lowest BCUT2D eigenvalue weighted by Crippen LogP contribution is -2.43. The van der Waals surface area contributed by atoms with E-state index in [1.807, 2.05) is 0 Å². The molecule has 29 heavy (non-hydrogen) atoms. The number of halogens is 1. The molecule has 0 spiro atoms. The predicted octanol–water partition coefficient (Wildman–Crippen LogP) is 3.46. The van der Waals surface area contributed by atoms with E-state index in [0.717, 1.165) is 0 Å². The third-order valence-corrected chi connectivity index (χ3v) is 7.19. The highest BCUT2D eigenvalue weighted by atomic mass is 35.5. The van der Waals surface area contributed by atoms with Gasteiger partial charge >= 0.3 is 0 Å². The molecule has 1 heterocycles. The number of hydrogen-bond donors (Lipinski definition) is 1. The molecule has 1 atom stereocenters. The van der Waals surface area contributed by atoms with Crippen molar-refractivity contribution in [2.24, 2.45) is 0 Å². The highest BCUT2D eigenvalue weighted by molar-refractivity contribution is 7.89. The molecular weight excluding hydrogens is 416 g/mol. The first kappa shape index (κ1) is 21.4. The first-order valence-electron chi connectivity index (χ1n) is 9.09. The quantitative estimate of drug-likeness (QED) is 0.746. The van der Waals surface area contributed by atoms with E-state index in [-0.39, 0.29) is 11.4 Å². The minimum absolute atomic E-state index is 0.136. The zero-order chi connectivity index (χ0) is 21.2. The highest BCUT2D eigenvalue weighted by Gasteiger charge is 2.40.